The summed E-state index contributed by atoms with van der Waals surface area (Å²) in [4.78, 5) is 24.8. The average molecular weight is 254 g/mol. The molecule has 2 bridgehead atoms. The Morgan fingerprint density at radius 2 is 2.06 bits per heavy atom. The highest BCUT2D eigenvalue weighted by Crippen LogP contribution is 2.20. The lowest BCUT2D eigenvalue weighted by Crippen LogP contribution is -2.40. The van der Waals surface area contributed by atoms with Crippen molar-refractivity contribution in [3.63, 3.8) is 0 Å². The zero-order chi connectivity index (χ0) is 13.0. The SMILES string of the molecule is CNC(=O)NC(=O)CCN1CCC2CCC(C1)N2. The first-order chi connectivity index (χ1) is 8.67. The van der Waals surface area contributed by atoms with E-state index >= 15 is 0 Å². The van der Waals surface area contributed by atoms with Crippen molar-refractivity contribution < 1.29 is 9.59 Å². The maximum absolute atomic E-state index is 11.5. The molecule has 2 heterocycles. The Bertz CT molecular complexity index is 321. The van der Waals surface area contributed by atoms with Crippen LogP contribution in [0.3, 0.4) is 0 Å². The summed E-state index contributed by atoms with van der Waals surface area (Å²) in [6.07, 6.45) is 4.07. The Labute approximate surface area is 107 Å². The van der Waals surface area contributed by atoms with E-state index in [9.17, 15) is 9.59 Å². The summed E-state index contributed by atoms with van der Waals surface area (Å²) >= 11 is 0. The number of fused-ring (bicyclic) bond motifs is 2. The molecule has 3 amide bonds. The van der Waals surface area contributed by atoms with E-state index in [1.165, 1.54) is 19.9 Å². The molecule has 2 aliphatic heterocycles. The van der Waals surface area contributed by atoms with Crippen molar-refractivity contribution in [1.29, 1.82) is 0 Å². The largest absolute Gasteiger partial charge is 0.341 e. The highest BCUT2D eigenvalue weighted by molar-refractivity contribution is 5.94. The lowest BCUT2D eigenvalue weighted by atomic mass is 10.1. The predicted octanol–water partition coefficient (Wildman–Crippen LogP) is -0.342. The number of carbonyl (C=O) groups excluding carboxylic acids is 2. The monoisotopic (exact) mass is 254 g/mol. The molecule has 0 radical (unpaired) electrons. The van der Waals surface area contributed by atoms with Crippen LogP contribution < -0.4 is 16.0 Å². The van der Waals surface area contributed by atoms with E-state index in [4.69, 9.17) is 0 Å². The fourth-order valence-corrected chi connectivity index (χ4v) is 2.73. The van der Waals surface area contributed by atoms with E-state index in [-0.39, 0.29) is 5.91 Å². The summed E-state index contributed by atoms with van der Waals surface area (Å²) in [5.74, 6) is -0.211. The number of nitrogens with one attached hydrogen (secondary N) is 3. The summed E-state index contributed by atoms with van der Waals surface area (Å²) < 4.78 is 0. The van der Waals surface area contributed by atoms with E-state index in [0.29, 0.717) is 18.5 Å². The van der Waals surface area contributed by atoms with Crippen LogP contribution in [-0.2, 0) is 4.79 Å². The van der Waals surface area contributed by atoms with Gasteiger partial charge in [0.25, 0.3) is 0 Å². The molecule has 0 aliphatic carbocycles. The molecular weight excluding hydrogens is 232 g/mol. The maximum Gasteiger partial charge on any atom is 0.321 e. The number of urea groups is 1. The summed E-state index contributed by atoms with van der Waals surface area (Å²) in [6, 6.07) is 0.816. The zero-order valence-corrected chi connectivity index (χ0v) is 10.9. The Hall–Kier alpha value is -1.14. The normalized spacial score (nSPS) is 27.6. The van der Waals surface area contributed by atoms with Crippen LogP contribution in [0.15, 0.2) is 0 Å². The van der Waals surface area contributed by atoms with Gasteiger partial charge in [-0.2, -0.15) is 0 Å². The molecule has 6 nitrogen and oxygen atoms in total. The van der Waals surface area contributed by atoms with Crippen LogP contribution in [0.2, 0.25) is 0 Å². The summed E-state index contributed by atoms with van der Waals surface area (Å²) in [5.41, 5.74) is 0. The second kappa shape index (κ2) is 6.15. The summed E-state index contributed by atoms with van der Waals surface area (Å²) in [6.45, 7) is 2.79. The van der Waals surface area contributed by atoms with Crippen LogP contribution in [0.5, 0.6) is 0 Å². The Morgan fingerprint density at radius 1 is 1.28 bits per heavy atom. The quantitative estimate of drug-likeness (QED) is 0.644. The number of likely N-dealkylation sites (tertiary alicyclic amines) is 1. The molecule has 0 aromatic carbocycles. The predicted molar refractivity (Wildman–Crippen MR) is 68.2 cm³/mol. The number of imide groups is 1. The third-order valence-corrected chi connectivity index (χ3v) is 3.74. The minimum Gasteiger partial charge on any atom is -0.341 e. The van der Waals surface area contributed by atoms with Gasteiger partial charge in [0.1, 0.15) is 0 Å². The van der Waals surface area contributed by atoms with E-state index in [0.717, 1.165) is 26.1 Å². The first-order valence-electron chi connectivity index (χ1n) is 6.67. The average Bonchev–Trinajstić information content (AvgIpc) is 2.68. The highest BCUT2D eigenvalue weighted by Gasteiger charge is 2.29. The van der Waals surface area contributed by atoms with E-state index in [2.05, 4.69) is 20.9 Å². The van der Waals surface area contributed by atoms with Crippen molar-refractivity contribution >= 4 is 11.9 Å². The topological polar surface area (TPSA) is 73.5 Å². The number of hydrogen-bond donors (Lipinski definition) is 3. The molecule has 18 heavy (non-hydrogen) atoms. The highest BCUT2D eigenvalue weighted by atomic mass is 16.2. The molecule has 2 aliphatic rings. The van der Waals surface area contributed by atoms with Crippen molar-refractivity contribution in [2.75, 3.05) is 26.7 Å². The Morgan fingerprint density at radius 3 is 2.83 bits per heavy atom. The molecule has 2 saturated heterocycles. The van der Waals surface area contributed by atoms with Gasteiger partial charge in [0.2, 0.25) is 5.91 Å². The van der Waals surface area contributed by atoms with Gasteiger partial charge in [0.15, 0.2) is 0 Å². The molecular formula is C12H22N4O2. The van der Waals surface area contributed by atoms with E-state index in [1.54, 1.807) is 0 Å². The first-order valence-corrected chi connectivity index (χ1v) is 6.67. The van der Waals surface area contributed by atoms with Crippen LogP contribution in [0.25, 0.3) is 0 Å². The lowest BCUT2D eigenvalue weighted by molar-refractivity contribution is -0.120. The van der Waals surface area contributed by atoms with Gasteiger partial charge in [-0.1, -0.05) is 0 Å². The van der Waals surface area contributed by atoms with Crippen LogP contribution in [-0.4, -0.2) is 55.6 Å². The number of carbonyl (C=O) groups is 2. The molecule has 2 atom stereocenters. The molecule has 2 unspecified atom stereocenters. The second-order valence-corrected chi connectivity index (χ2v) is 5.10. The molecule has 6 heteroatoms. The van der Waals surface area contributed by atoms with Gasteiger partial charge in [-0.3, -0.25) is 10.1 Å². The van der Waals surface area contributed by atoms with Gasteiger partial charge in [-0.25, -0.2) is 4.79 Å². The number of hydrogen-bond acceptors (Lipinski definition) is 4. The zero-order valence-electron chi connectivity index (χ0n) is 10.9. The van der Waals surface area contributed by atoms with E-state index < -0.39 is 6.03 Å². The van der Waals surface area contributed by atoms with Crippen LogP contribution in [0.4, 0.5) is 4.79 Å². The number of nitrogens with zero attached hydrogens (tertiary/aromatic N) is 1. The molecule has 0 aromatic rings. The molecule has 0 saturated carbocycles. The van der Waals surface area contributed by atoms with Crippen LogP contribution in [0.1, 0.15) is 25.7 Å². The molecule has 2 fully saturated rings. The van der Waals surface area contributed by atoms with Gasteiger partial charge >= 0.3 is 6.03 Å². The Balaban J connectivity index is 1.70. The molecule has 2 rings (SSSR count). The third kappa shape index (κ3) is 3.68. The number of amides is 3. The third-order valence-electron chi connectivity index (χ3n) is 3.74. The van der Waals surface area contributed by atoms with Crippen molar-refractivity contribution in [2.24, 2.45) is 0 Å². The van der Waals surface area contributed by atoms with Gasteiger partial charge in [-0.05, 0) is 25.8 Å². The van der Waals surface area contributed by atoms with Crippen molar-refractivity contribution in [3.05, 3.63) is 0 Å². The molecule has 0 aromatic heterocycles. The van der Waals surface area contributed by atoms with Crippen LogP contribution in [0, 0.1) is 0 Å². The number of rotatable bonds is 3. The summed E-state index contributed by atoms with van der Waals surface area (Å²) in [7, 11) is 1.50. The fraction of sp³-hybridized carbons (Fsp3) is 0.833. The maximum atomic E-state index is 11.5. The van der Waals surface area contributed by atoms with Crippen LogP contribution >= 0.6 is 0 Å². The summed E-state index contributed by atoms with van der Waals surface area (Å²) in [5, 5.41) is 8.26. The van der Waals surface area contributed by atoms with Gasteiger partial charge < -0.3 is 15.5 Å². The fourth-order valence-electron chi connectivity index (χ4n) is 2.73. The molecule has 0 spiro atoms. The van der Waals surface area contributed by atoms with Gasteiger partial charge in [-0.15, -0.1) is 0 Å². The smallest absolute Gasteiger partial charge is 0.321 e. The Kier molecular flexibility index (Phi) is 4.54. The minimum atomic E-state index is -0.434. The van der Waals surface area contributed by atoms with E-state index in [1.807, 2.05) is 0 Å². The molecule has 3 N–H and O–H groups in total. The van der Waals surface area contributed by atoms with Crippen molar-refractivity contribution in [1.82, 2.24) is 20.9 Å². The van der Waals surface area contributed by atoms with Crippen molar-refractivity contribution in [3.8, 4) is 0 Å². The van der Waals surface area contributed by atoms with Gasteiger partial charge in [0.05, 0.1) is 0 Å². The van der Waals surface area contributed by atoms with Gasteiger partial charge in [0, 0.05) is 38.6 Å². The molecule has 102 valence electrons. The standard InChI is InChI=1S/C12H22N4O2/c1-13-12(18)15-11(17)5-7-16-6-4-9-2-3-10(8-16)14-9/h9-10,14H,2-8H2,1H3,(H2,13,15,17,18). The second-order valence-electron chi connectivity index (χ2n) is 5.10. The lowest BCUT2D eigenvalue weighted by Gasteiger charge is -2.23. The van der Waals surface area contributed by atoms with Crippen molar-refractivity contribution in [2.45, 2.75) is 37.8 Å². The first kappa shape index (κ1) is 13.3. The minimum absolute atomic E-state index is 0.211.